The smallest absolute Gasteiger partial charge is 0.104 e. The summed E-state index contributed by atoms with van der Waals surface area (Å²) in [4.78, 5) is 2.82. The lowest BCUT2D eigenvalue weighted by Crippen LogP contribution is -2.39. The molecule has 0 spiro atoms. The van der Waals surface area contributed by atoms with Crippen LogP contribution in [0.3, 0.4) is 0 Å². The molecular weight excluding hydrogens is 240 g/mol. The van der Waals surface area contributed by atoms with Crippen molar-refractivity contribution >= 4 is 17.2 Å². The summed E-state index contributed by atoms with van der Waals surface area (Å²) in [5.41, 5.74) is 8.21. The Morgan fingerprint density at radius 3 is 2.39 bits per heavy atom. The maximum Gasteiger partial charge on any atom is 0.104 e. The summed E-state index contributed by atoms with van der Waals surface area (Å²) in [5, 5.41) is 0. The van der Waals surface area contributed by atoms with Gasteiger partial charge in [0.05, 0.1) is 0 Å². The Morgan fingerprint density at radius 1 is 1.33 bits per heavy atom. The monoisotopic (exact) mass is 264 g/mol. The van der Waals surface area contributed by atoms with Crippen LogP contribution < -0.4 is 5.73 Å². The minimum Gasteiger partial charge on any atom is -0.389 e. The van der Waals surface area contributed by atoms with Gasteiger partial charge in [-0.3, -0.25) is 4.90 Å². The van der Waals surface area contributed by atoms with Gasteiger partial charge in [-0.2, -0.15) is 0 Å². The molecule has 0 aliphatic carbocycles. The van der Waals surface area contributed by atoms with E-state index in [0.717, 1.165) is 12.1 Å². The molecule has 0 fully saturated rings. The highest BCUT2D eigenvalue weighted by molar-refractivity contribution is 7.80. The fraction of sp³-hybridized carbons (Fsp3) is 0.533. The number of rotatable bonds is 4. The summed E-state index contributed by atoms with van der Waals surface area (Å²) in [6.45, 7) is 9.89. The lowest BCUT2D eigenvalue weighted by atomic mass is 9.87. The molecule has 0 saturated carbocycles. The van der Waals surface area contributed by atoms with Crippen LogP contribution in [0.25, 0.3) is 0 Å². The Labute approximate surface area is 116 Å². The maximum atomic E-state index is 5.77. The van der Waals surface area contributed by atoms with E-state index in [1.165, 1.54) is 5.56 Å². The highest BCUT2D eigenvalue weighted by Gasteiger charge is 2.24. The van der Waals surface area contributed by atoms with Gasteiger partial charge in [-0.25, -0.2) is 0 Å². The molecule has 0 saturated heterocycles. The lowest BCUT2D eigenvalue weighted by molar-refractivity contribution is 0.134. The van der Waals surface area contributed by atoms with E-state index in [1.807, 2.05) is 18.2 Å². The first-order valence-electron chi connectivity index (χ1n) is 6.31. The van der Waals surface area contributed by atoms with Gasteiger partial charge >= 0.3 is 0 Å². The summed E-state index contributed by atoms with van der Waals surface area (Å²) in [5.74, 6) is 0. The van der Waals surface area contributed by atoms with E-state index in [-0.39, 0.29) is 5.41 Å². The molecule has 0 aliphatic heterocycles. The first-order valence-corrected chi connectivity index (χ1v) is 6.72. The molecule has 18 heavy (non-hydrogen) atoms. The minimum absolute atomic E-state index is 0.257. The first-order chi connectivity index (χ1) is 8.23. The number of nitrogens with zero attached hydrogens (tertiary/aromatic N) is 1. The van der Waals surface area contributed by atoms with Crippen molar-refractivity contribution in [3.63, 3.8) is 0 Å². The average Bonchev–Trinajstić information content (AvgIpc) is 2.27. The Hall–Kier alpha value is -0.930. The van der Waals surface area contributed by atoms with Crippen LogP contribution in [0.15, 0.2) is 24.3 Å². The van der Waals surface area contributed by atoms with Crippen LogP contribution in [-0.2, 0) is 6.54 Å². The zero-order valence-corrected chi connectivity index (χ0v) is 12.8. The van der Waals surface area contributed by atoms with E-state index in [2.05, 4.69) is 45.7 Å². The zero-order valence-electron chi connectivity index (χ0n) is 12.0. The molecule has 0 heterocycles. The van der Waals surface area contributed by atoms with Gasteiger partial charge in [0, 0.05) is 18.2 Å². The van der Waals surface area contributed by atoms with Crippen molar-refractivity contribution in [3.8, 4) is 0 Å². The Balaban J connectivity index is 2.88. The number of hydrogen-bond acceptors (Lipinski definition) is 2. The van der Waals surface area contributed by atoms with Gasteiger partial charge in [0.2, 0.25) is 0 Å². The van der Waals surface area contributed by atoms with E-state index in [4.69, 9.17) is 18.0 Å². The van der Waals surface area contributed by atoms with Gasteiger partial charge in [-0.15, -0.1) is 0 Å². The molecule has 1 aromatic carbocycles. The third-order valence-corrected chi connectivity index (χ3v) is 3.84. The summed E-state index contributed by atoms with van der Waals surface area (Å²) in [6.07, 6.45) is 0. The molecule has 1 aromatic rings. The predicted octanol–water partition coefficient (Wildman–Crippen LogP) is 3.19. The quantitative estimate of drug-likeness (QED) is 0.847. The molecule has 3 heteroatoms. The van der Waals surface area contributed by atoms with E-state index in [1.54, 1.807) is 0 Å². The molecule has 0 aromatic heterocycles. The molecule has 1 atom stereocenters. The third-order valence-electron chi connectivity index (χ3n) is 3.62. The van der Waals surface area contributed by atoms with Crippen LogP contribution in [0.1, 0.15) is 38.8 Å². The van der Waals surface area contributed by atoms with Crippen LogP contribution in [-0.4, -0.2) is 23.0 Å². The Kier molecular flexibility index (Phi) is 4.88. The van der Waals surface area contributed by atoms with E-state index < -0.39 is 0 Å². The lowest BCUT2D eigenvalue weighted by Gasteiger charge is -2.35. The number of hydrogen-bond donors (Lipinski definition) is 1. The first kappa shape index (κ1) is 15.1. The standard InChI is InChI=1S/C15H24N2S/c1-11(15(2,3)4)17(5)10-12-8-6-7-9-13(12)14(16)18/h6-9,11H,10H2,1-5H3,(H2,16,18). The molecule has 100 valence electrons. The van der Waals surface area contributed by atoms with Gasteiger partial charge in [0.1, 0.15) is 4.99 Å². The number of thiocarbonyl (C=S) groups is 1. The molecular formula is C15H24N2S. The second-order valence-corrected chi connectivity index (χ2v) is 6.42. The largest absolute Gasteiger partial charge is 0.389 e. The highest BCUT2D eigenvalue weighted by atomic mass is 32.1. The molecule has 1 rings (SSSR count). The van der Waals surface area contributed by atoms with Gasteiger partial charge < -0.3 is 5.73 Å². The SMILES string of the molecule is CC(N(C)Cc1ccccc1C(N)=S)C(C)(C)C. The summed E-state index contributed by atoms with van der Waals surface area (Å²) < 4.78 is 0. The zero-order chi connectivity index (χ0) is 13.9. The van der Waals surface area contributed by atoms with Crippen LogP contribution in [0, 0.1) is 5.41 Å². The predicted molar refractivity (Wildman–Crippen MR) is 82.7 cm³/mol. The Morgan fingerprint density at radius 2 is 1.89 bits per heavy atom. The molecule has 0 radical (unpaired) electrons. The molecule has 2 N–H and O–H groups in total. The van der Waals surface area contributed by atoms with Crippen molar-refractivity contribution < 1.29 is 0 Å². The van der Waals surface area contributed by atoms with Gasteiger partial charge in [0.15, 0.2) is 0 Å². The summed E-state index contributed by atoms with van der Waals surface area (Å²) in [6, 6.07) is 8.59. The normalized spacial score (nSPS) is 13.7. The van der Waals surface area contributed by atoms with Gasteiger partial charge in [0.25, 0.3) is 0 Å². The highest BCUT2D eigenvalue weighted by Crippen LogP contribution is 2.24. The molecule has 0 aliphatic rings. The summed E-state index contributed by atoms with van der Waals surface area (Å²) in [7, 11) is 2.15. The number of benzene rings is 1. The Bertz CT molecular complexity index is 421. The van der Waals surface area contributed by atoms with Gasteiger partial charge in [-0.05, 0) is 24.9 Å². The van der Waals surface area contributed by atoms with Crippen LogP contribution >= 0.6 is 12.2 Å². The van der Waals surface area contributed by atoms with Crippen molar-refractivity contribution in [3.05, 3.63) is 35.4 Å². The molecule has 0 amide bonds. The van der Waals surface area contributed by atoms with Crippen molar-refractivity contribution in [1.29, 1.82) is 0 Å². The van der Waals surface area contributed by atoms with Crippen molar-refractivity contribution in [2.75, 3.05) is 7.05 Å². The van der Waals surface area contributed by atoms with Crippen LogP contribution in [0.2, 0.25) is 0 Å². The average molecular weight is 264 g/mol. The van der Waals surface area contributed by atoms with E-state index in [0.29, 0.717) is 11.0 Å². The van der Waals surface area contributed by atoms with Crippen LogP contribution in [0.4, 0.5) is 0 Å². The topological polar surface area (TPSA) is 29.3 Å². The number of nitrogens with two attached hydrogens (primary N) is 1. The van der Waals surface area contributed by atoms with Crippen molar-refractivity contribution in [2.24, 2.45) is 11.1 Å². The van der Waals surface area contributed by atoms with Crippen molar-refractivity contribution in [1.82, 2.24) is 4.90 Å². The fourth-order valence-electron chi connectivity index (χ4n) is 1.97. The van der Waals surface area contributed by atoms with Crippen molar-refractivity contribution in [2.45, 2.75) is 40.3 Å². The van der Waals surface area contributed by atoms with E-state index in [9.17, 15) is 0 Å². The molecule has 0 bridgehead atoms. The van der Waals surface area contributed by atoms with Crippen LogP contribution in [0.5, 0.6) is 0 Å². The molecule has 2 nitrogen and oxygen atoms in total. The second-order valence-electron chi connectivity index (χ2n) is 5.98. The van der Waals surface area contributed by atoms with E-state index >= 15 is 0 Å². The molecule has 1 unspecified atom stereocenters. The van der Waals surface area contributed by atoms with Gasteiger partial charge in [-0.1, -0.05) is 57.3 Å². The maximum absolute atomic E-state index is 5.77. The third kappa shape index (κ3) is 3.79. The fourth-order valence-corrected chi connectivity index (χ4v) is 2.16. The minimum atomic E-state index is 0.257. The summed E-state index contributed by atoms with van der Waals surface area (Å²) >= 11 is 5.10. The second kappa shape index (κ2) is 5.81.